The summed E-state index contributed by atoms with van der Waals surface area (Å²) < 4.78 is 5.38. The van der Waals surface area contributed by atoms with Crippen molar-refractivity contribution in [1.29, 1.82) is 0 Å². The molecule has 0 amide bonds. The van der Waals surface area contributed by atoms with Crippen molar-refractivity contribution in [3.63, 3.8) is 0 Å². The average molecular weight is 306 g/mol. The topological polar surface area (TPSA) is 48.1 Å². The fourth-order valence-corrected chi connectivity index (χ4v) is 3.36. The molecule has 1 heterocycles. The number of ether oxygens (including phenoxy) is 1. The third kappa shape index (κ3) is 3.16. The van der Waals surface area contributed by atoms with Gasteiger partial charge in [0.2, 0.25) is 0 Å². The van der Waals surface area contributed by atoms with E-state index in [4.69, 9.17) is 27.7 Å². The summed E-state index contributed by atoms with van der Waals surface area (Å²) in [5, 5.41) is 1.01. The van der Waals surface area contributed by atoms with Gasteiger partial charge < -0.3 is 10.5 Å². The largest absolute Gasteiger partial charge is 0.496 e. The maximum absolute atomic E-state index is 5.79. The van der Waals surface area contributed by atoms with E-state index in [2.05, 4.69) is 19.9 Å². The highest BCUT2D eigenvalue weighted by Crippen LogP contribution is 2.28. The molecule has 0 unspecified atom stereocenters. The van der Waals surface area contributed by atoms with Crippen LogP contribution in [-0.4, -0.2) is 17.1 Å². The molecule has 0 aliphatic carbocycles. The minimum absolute atomic E-state index is 0.314. The molecule has 0 atom stereocenters. The van der Waals surface area contributed by atoms with Gasteiger partial charge in [0.1, 0.15) is 10.7 Å². The van der Waals surface area contributed by atoms with Gasteiger partial charge >= 0.3 is 0 Å². The van der Waals surface area contributed by atoms with Gasteiger partial charge in [0.25, 0.3) is 0 Å². The van der Waals surface area contributed by atoms with E-state index < -0.39 is 0 Å². The molecule has 0 fully saturated rings. The fraction of sp³-hybridized carbons (Fsp3) is 0.333. The Morgan fingerprint density at radius 3 is 2.65 bits per heavy atom. The second-order valence-electron chi connectivity index (χ2n) is 4.83. The normalized spacial score (nSPS) is 10.8. The van der Waals surface area contributed by atoms with E-state index >= 15 is 0 Å². The minimum Gasteiger partial charge on any atom is -0.496 e. The zero-order valence-corrected chi connectivity index (χ0v) is 13.5. The Morgan fingerprint density at radius 2 is 2.10 bits per heavy atom. The van der Waals surface area contributed by atoms with Crippen molar-refractivity contribution >= 4 is 28.5 Å². The summed E-state index contributed by atoms with van der Waals surface area (Å²) in [6.07, 6.45) is 0.733. The summed E-state index contributed by atoms with van der Waals surface area (Å²) >= 11 is 6.70. The van der Waals surface area contributed by atoms with Gasteiger partial charge in [-0.2, -0.15) is 0 Å². The van der Waals surface area contributed by atoms with Crippen LogP contribution in [-0.2, 0) is 6.42 Å². The van der Waals surface area contributed by atoms with Crippen molar-refractivity contribution < 1.29 is 4.74 Å². The molecule has 0 aliphatic heterocycles. The van der Waals surface area contributed by atoms with Crippen molar-refractivity contribution in [3.8, 4) is 5.75 Å². The van der Waals surface area contributed by atoms with Gasteiger partial charge in [-0.1, -0.05) is 44.3 Å². The molecule has 2 rings (SSSR count). The quantitative estimate of drug-likeness (QED) is 0.859. The Morgan fingerprint density at radius 1 is 1.40 bits per heavy atom. The van der Waals surface area contributed by atoms with E-state index in [0.29, 0.717) is 10.9 Å². The third-order valence-electron chi connectivity index (χ3n) is 3.00. The van der Waals surface area contributed by atoms with Crippen LogP contribution in [0.1, 0.15) is 40.9 Å². The lowest BCUT2D eigenvalue weighted by atomic mass is 10.1. The first-order valence-corrected chi connectivity index (χ1v) is 7.66. The first-order chi connectivity index (χ1) is 9.52. The standard InChI is InChI=1S/C15H18N2OS2/c1-9(2)13-14(15(16)19)20-12(17-13)8-10-6-4-5-7-11(10)18-3/h4-7,9H,8H2,1-3H3,(H2,16,19). The molecule has 0 saturated carbocycles. The predicted octanol–water partition coefficient (Wildman–Crippen LogP) is 3.50. The smallest absolute Gasteiger partial charge is 0.122 e. The minimum atomic E-state index is 0.314. The van der Waals surface area contributed by atoms with Crippen LogP contribution >= 0.6 is 23.6 Å². The van der Waals surface area contributed by atoms with Crippen molar-refractivity contribution in [1.82, 2.24) is 4.98 Å². The van der Waals surface area contributed by atoms with Gasteiger partial charge in [-0.05, 0) is 12.0 Å². The maximum atomic E-state index is 5.79. The molecular weight excluding hydrogens is 288 g/mol. The summed E-state index contributed by atoms with van der Waals surface area (Å²) in [6, 6.07) is 7.98. The SMILES string of the molecule is COc1ccccc1Cc1nc(C(C)C)c(C(N)=S)s1. The van der Waals surface area contributed by atoms with E-state index in [9.17, 15) is 0 Å². The number of aromatic nitrogens is 1. The highest BCUT2D eigenvalue weighted by atomic mass is 32.1. The van der Waals surface area contributed by atoms with Crippen LogP contribution < -0.4 is 10.5 Å². The summed E-state index contributed by atoms with van der Waals surface area (Å²) in [7, 11) is 1.68. The molecule has 0 radical (unpaired) electrons. The van der Waals surface area contributed by atoms with Crippen LogP contribution in [0, 0.1) is 0 Å². The number of hydrogen-bond acceptors (Lipinski definition) is 4. The van der Waals surface area contributed by atoms with Crippen molar-refractivity contribution in [2.45, 2.75) is 26.2 Å². The molecule has 20 heavy (non-hydrogen) atoms. The Hall–Kier alpha value is -1.46. The van der Waals surface area contributed by atoms with Gasteiger partial charge in [0.15, 0.2) is 0 Å². The number of thiocarbonyl (C=S) groups is 1. The highest BCUT2D eigenvalue weighted by molar-refractivity contribution is 7.81. The Kier molecular flexibility index (Phi) is 4.73. The summed E-state index contributed by atoms with van der Waals surface area (Å²) in [6.45, 7) is 4.20. The monoisotopic (exact) mass is 306 g/mol. The van der Waals surface area contributed by atoms with Crippen LogP contribution in [0.15, 0.2) is 24.3 Å². The zero-order chi connectivity index (χ0) is 14.7. The van der Waals surface area contributed by atoms with Crippen LogP contribution in [0.4, 0.5) is 0 Å². The number of para-hydroxylation sites is 1. The van der Waals surface area contributed by atoms with Gasteiger partial charge in [-0.3, -0.25) is 0 Å². The molecule has 0 saturated heterocycles. The molecule has 1 aromatic carbocycles. The molecule has 5 heteroatoms. The van der Waals surface area contributed by atoms with Gasteiger partial charge in [-0.25, -0.2) is 4.98 Å². The van der Waals surface area contributed by atoms with Crippen LogP contribution in [0.5, 0.6) is 5.75 Å². The molecule has 0 spiro atoms. The summed E-state index contributed by atoms with van der Waals surface area (Å²) in [5.74, 6) is 1.19. The molecule has 3 nitrogen and oxygen atoms in total. The van der Waals surface area contributed by atoms with Gasteiger partial charge in [-0.15, -0.1) is 11.3 Å². The summed E-state index contributed by atoms with van der Waals surface area (Å²) in [5.41, 5.74) is 7.90. The zero-order valence-electron chi connectivity index (χ0n) is 11.8. The molecule has 2 aromatic rings. The number of benzene rings is 1. The molecule has 106 valence electrons. The fourth-order valence-electron chi connectivity index (χ4n) is 2.03. The van der Waals surface area contributed by atoms with E-state index in [0.717, 1.165) is 33.3 Å². The molecule has 1 aromatic heterocycles. The Balaban J connectivity index is 2.35. The second kappa shape index (κ2) is 6.33. The predicted molar refractivity (Wildman–Crippen MR) is 87.9 cm³/mol. The number of thiazole rings is 1. The average Bonchev–Trinajstić information content (AvgIpc) is 2.84. The highest BCUT2D eigenvalue weighted by Gasteiger charge is 2.17. The Labute approximate surface area is 128 Å². The van der Waals surface area contributed by atoms with E-state index in [1.165, 1.54) is 0 Å². The van der Waals surface area contributed by atoms with Crippen LogP contribution in [0.25, 0.3) is 0 Å². The number of rotatable bonds is 5. The Bertz CT molecular complexity index is 620. The van der Waals surface area contributed by atoms with Crippen molar-refractivity contribution in [2.75, 3.05) is 7.11 Å². The summed E-state index contributed by atoms with van der Waals surface area (Å²) in [4.78, 5) is 6.06. The first kappa shape index (κ1) is 14.9. The lowest BCUT2D eigenvalue weighted by molar-refractivity contribution is 0.410. The van der Waals surface area contributed by atoms with Gasteiger partial charge in [0, 0.05) is 12.0 Å². The lowest BCUT2D eigenvalue weighted by Crippen LogP contribution is -2.10. The van der Waals surface area contributed by atoms with E-state index in [-0.39, 0.29) is 0 Å². The molecule has 0 bridgehead atoms. The first-order valence-electron chi connectivity index (χ1n) is 6.44. The third-order valence-corrected chi connectivity index (χ3v) is 4.44. The number of nitrogens with zero attached hydrogens (tertiary/aromatic N) is 1. The number of methoxy groups -OCH3 is 1. The number of nitrogens with two attached hydrogens (primary N) is 1. The van der Waals surface area contributed by atoms with E-state index in [1.54, 1.807) is 18.4 Å². The lowest BCUT2D eigenvalue weighted by Gasteiger charge is -2.06. The van der Waals surface area contributed by atoms with Gasteiger partial charge in [0.05, 0.1) is 22.7 Å². The second-order valence-corrected chi connectivity index (χ2v) is 6.35. The van der Waals surface area contributed by atoms with Crippen molar-refractivity contribution in [3.05, 3.63) is 45.4 Å². The van der Waals surface area contributed by atoms with Crippen LogP contribution in [0.2, 0.25) is 0 Å². The maximum Gasteiger partial charge on any atom is 0.122 e. The molecular formula is C15H18N2OS2. The van der Waals surface area contributed by atoms with Crippen molar-refractivity contribution in [2.24, 2.45) is 5.73 Å². The van der Waals surface area contributed by atoms with E-state index in [1.807, 2.05) is 18.2 Å². The number of hydrogen-bond donors (Lipinski definition) is 1. The molecule has 2 N–H and O–H groups in total. The van der Waals surface area contributed by atoms with Crippen LogP contribution in [0.3, 0.4) is 0 Å². The molecule has 0 aliphatic rings.